The van der Waals surface area contributed by atoms with Crippen LogP contribution >= 0.6 is 0 Å². The summed E-state index contributed by atoms with van der Waals surface area (Å²) in [5.41, 5.74) is 5.44. The van der Waals surface area contributed by atoms with E-state index in [2.05, 4.69) is 74.3 Å². The summed E-state index contributed by atoms with van der Waals surface area (Å²) < 4.78 is 3.70. The lowest BCUT2D eigenvalue weighted by atomic mass is 10.0. The van der Waals surface area contributed by atoms with Gasteiger partial charge in [0.25, 0.3) is 0 Å². The maximum absolute atomic E-state index is 4.75. The van der Waals surface area contributed by atoms with Crippen LogP contribution in [0.5, 0.6) is 0 Å². The van der Waals surface area contributed by atoms with E-state index < -0.39 is 0 Å². The monoisotopic (exact) mass is 494 g/mol. The van der Waals surface area contributed by atoms with E-state index in [1.807, 2.05) is 48.6 Å². The first-order valence-electron chi connectivity index (χ1n) is 12.4. The van der Waals surface area contributed by atoms with E-state index in [4.69, 9.17) is 9.97 Å². The lowest BCUT2D eigenvalue weighted by molar-refractivity contribution is 0.341. The minimum Gasteiger partial charge on any atom is -0.351 e. The molecule has 1 aromatic carbocycles. The Kier molecular flexibility index (Phi) is 6.01. The maximum atomic E-state index is 4.75. The molecule has 10 heteroatoms. The van der Waals surface area contributed by atoms with Crippen molar-refractivity contribution in [2.24, 2.45) is 7.05 Å². The Morgan fingerprint density at radius 2 is 1.51 bits per heavy atom. The zero-order chi connectivity index (χ0) is 25.4. The minimum absolute atomic E-state index is 0.117. The number of fused-ring (bicyclic) bond motifs is 1. The number of benzene rings is 1. The fraction of sp³-hybridized carbons (Fsp3) is 0.296. The summed E-state index contributed by atoms with van der Waals surface area (Å²) in [5.74, 6) is 1.71. The molecule has 1 aliphatic heterocycles. The fourth-order valence-corrected chi connectivity index (χ4v) is 5.07. The predicted molar refractivity (Wildman–Crippen MR) is 144 cm³/mol. The summed E-state index contributed by atoms with van der Waals surface area (Å²) in [4.78, 5) is 20.9. The molecule has 0 saturated carbocycles. The second-order valence-corrected chi connectivity index (χ2v) is 9.61. The molecular formula is C27H30N10. The summed E-state index contributed by atoms with van der Waals surface area (Å²) in [5, 5.41) is 8.72. The van der Waals surface area contributed by atoms with Gasteiger partial charge in [0.05, 0.1) is 12.2 Å². The van der Waals surface area contributed by atoms with Gasteiger partial charge in [0.1, 0.15) is 11.8 Å². The fourth-order valence-electron chi connectivity index (χ4n) is 5.07. The molecule has 1 unspecified atom stereocenters. The highest BCUT2D eigenvalue weighted by atomic mass is 15.4. The zero-order valence-electron chi connectivity index (χ0n) is 21.3. The maximum Gasteiger partial charge on any atom is 0.225 e. The van der Waals surface area contributed by atoms with Gasteiger partial charge in [0.2, 0.25) is 5.95 Å². The largest absolute Gasteiger partial charge is 0.351 e. The summed E-state index contributed by atoms with van der Waals surface area (Å²) >= 11 is 0. The molecule has 0 aliphatic carbocycles. The predicted octanol–water partition coefficient (Wildman–Crippen LogP) is 2.90. The molecule has 0 spiro atoms. The quantitative estimate of drug-likeness (QED) is 0.356. The highest BCUT2D eigenvalue weighted by Gasteiger charge is 2.23. The molecule has 0 amide bonds. The van der Waals surface area contributed by atoms with E-state index in [1.165, 1.54) is 5.56 Å². The van der Waals surface area contributed by atoms with Crippen LogP contribution in [0.3, 0.4) is 0 Å². The molecule has 1 saturated heterocycles. The second-order valence-electron chi connectivity index (χ2n) is 9.61. The summed E-state index contributed by atoms with van der Waals surface area (Å²) in [7, 11) is 6.09. The number of hydrogen-bond donors (Lipinski definition) is 0. The van der Waals surface area contributed by atoms with Gasteiger partial charge in [-0.1, -0.05) is 30.3 Å². The van der Waals surface area contributed by atoms with Gasteiger partial charge < -0.3 is 9.80 Å². The van der Waals surface area contributed by atoms with Gasteiger partial charge in [-0.05, 0) is 25.7 Å². The Hall–Kier alpha value is -4.31. The smallest absolute Gasteiger partial charge is 0.225 e. The average molecular weight is 495 g/mol. The van der Waals surface area contributed by atoms with Crippen LogP contribution in [-0.4, -0.2) is 79.5 Å². The van der Waals surface area contributed by atoms with Crippen molar-refractivity contribution in [3.63, 3.8) is 0 Å². The van der Waals surface area contributed by atoms with Gasteiger partial charge in [0, 0.05) is 74.7 Å². The van der Waals surface area contributed by atoms with Gasteiger partial charge in [-0.2, -0.15) is 10.2 Å². The summed E-state index contributed by atoms with van der Waals surface area (Å²) in [6.07, 6.45) is 11.4. The van der Waals surface area contributed by atoms with E-state index in [-0.39, 0.29) is 6.04 Å². The summed E-state index contributed by atoms with van der Waals surface area (Å²) in [6, 6.07) is 12.7. The topological polar surface area (TPSA) is 83.5 Å². The van der Waals surface area contributed by atoms with Crippen LogP contribution in [0.25, 0.3) is 16.6 Å². The Bertz CT molecular complexity index is 1480. The van der Waals surface area contributed by atoms with Crippen LogP contribution in [0.15, 0.2) is 73.7 Å². The van der Waals surface area contributed by atoms with E-state index in [1.54, 1.807) is 11.0 Å². The lowest BCUT2D eigenvalue weighted by Crippen LogP contribution is -2.47. The molecule has 5 heterocycles. The molecular weight excluding hydrogens is 464 g/mol. The lowest BCUT2D eigenvalue weighted by Gasteiger charge is -2.35. The van der Waals surface area contributed by atoms with Gasteiger partial charge in [-0.3, -0.25) is 9.58 Å². The third-order valence-electron chi connectivity index (χ3n) is 6.89. The number of rotatable bonds is 6. The van der Waals surface area contributed by atoms with Crippen molar-refractivity contribution in [3.8, 4) is 11.1 Å². The van der Waals surface area contributed by atoms with Crippen molar-refractivity contribution < 1.29 is 0 Å². The highest BCUT2D eigenvalue weighted by molar-refractivity contribution is 5.77. The third-order valence-corrected chi connectivity index (χ3v) is 6.89. The number of anilines is 2. The molecule has 10 nitrogen and oxygen atoms in total. The van der Waals surface area contributed by atoms with Crippen molar-refractivity contribution in [2.75, 3.05) is 50.1 Å². The van der Waals surface area contributed by atoms with Crippen LogP contribution in [0.2, 0.25) is 0 Å². The van der Waals surface area contributed by atoms with Crippen molar-refractivity contribution in [1.82, 2.24) is 39.2 Å². The Labute approximate surface area is 215 Å². The molecule has 188 valence electrons. The normalized spacial score (nSPS) is 15.0. The SMILES string of the molecule is CN(C)C(c1ccccc1)c1cnc(N2CCN(c3ncnn4cc(-c5cnn(C)c5)cc34)CC2)nc1. The molecule has 1 atom stereocenters. The highest BCUT2D eigenvalue weighted by Crippen LogP contribution is 2.28. The molecule has 37 heavy (non-hydrogen) atoms. The van der Waals surface area contributed by atoms with Crippen LogP contribution in [0.4, 0.5) is 11.8 Å². The molecule has 4 aromatic heterocycles. The Morgan fingerprint density at radius 3 is 2.19 bits per heavy atom. The van der Waals surface area contributed by atoms with Gasteiger partial charge in [-0.15, -0.1) is 0 Å². The van der Waals surface area contributed by atoms with Gasteiger partial charge >= 0.3 is 0 Å². The third kappa shape index (κ3) is 4.51. The molecule has 0 bridgehead atoms. The van der Waals surface area contributed by atoms with Crippen LogP contribution in [0.1, 0.15) is 17.2 Å². The van der Waals surface area contributed by atoms with E-state index in [0.717, 1.165) is 60.2 Å². The van der Waals surface area contributed by atoms with E-state index in [0.29, 0.717) is 0 Å². The summed E-state index contributed by atoms with van der Waals surface area (Å²) in [6.45, 7) is 3.30. The van der Waals surface area contributed by atoms with Crippen molar-refractivity contribution in [1.29, 1.82) is 0 Å². The molecule has 0 N–H and O–H groups in total. The van der Waals surface area contributed by atoms with Gasteiger partial charge in [0.15, 0.2) is 5.82 Å². The number of aryl methyl sites for hydroxylation is 1. The molecule has 6 rings (SSSR count). The number of aromatic nitrogens is 7. The first-order valence-corrected chi connectivity index (χ1v) is 12.4. The standard InChI is InChI=1S/C27H30N10/c1-33(2)25(20-7-5-4-6-8-20)22-14-28-27(29-15-22)36-11-9-35(10-12-36)26-24-13-21(18-37(24)32-19-30-26)23-16-31-34(3)17-23/h4-8,13-19,25H,9-12H2,1-3H3. The van der Waals surface area contributed by atoms with Crippen molar-refractivity contribution >= 4 is 17.3 Å². The van der Waals surface area contributed by atoms with Crippen molar-refractivity contribution in [3.05, 3.63) is 84.8 Å². The number of piperazine rings is 1. The number of nitrogens with zero attached hydrogens (tertiary/aromatic N) is 10. The molecule has 1 aliphatic rings. The van der Waals surface area contributed by atoms with Gasteiger partial charge in [-0.25, -0.2) is 19.5 Å². The first-order chi connectivity index (χ1) is 18.1. The zero-order valence-corrected chi connectivity index (χ0v) is 21.3. The average Bonchev–Trinajstić information content (AvgIpc) is 3.56. The Morgan fingerprint density at radius 1 is 0.784 bits per heavy atom. The minimum atomic E-state index is 0.117. The van der Waals surface area contributed by atoms with Crippen LogP contribution in [-0.2, 0) is 7.05 Å². The molecule has 1 fully saturated rings. The first kappa shape index (κ1) is 23.1. The second kappa shape index (κ2) is 9.62. The number of hydrogen-bond acceptors (Lipinski definition) is 8. The Balaban J connectivity index is 1.17. The van der Waals surface area contributed by atoms with E-state index in [9.17, 15) is 0 Å². The van der Waals surface area contributed by atoms with Crippen LogP contribution in [0, 0.1) is 0 Å². The van der Waals surface area contributed by atoms with Crippen molar-refractivity contribution in [2.45, 2.75) is 6.04 Å². The molecule has 5 aromatic rings. The van der Waals surface area contributed by atoms with Crippen LogP contribution < -0.4 is 9.80 Å². The van der Waals surface area contributed by atoms with E-state index >= 15 is 0 Å². The molecule has 0 radical (unpaired) electrons.